The van der Waals surface area contributed by atoms with Crippen LogP contribution in [0.4, 0.5) is 5.95 Å². The van der Waals surface area contributed by atoms with Crippen molar-refractivity contribution in [2.45, 2.75) is 18.9 Å². The maximum atomic E-state index is 13.0. The summed E-state index contributed by atoms with van der Waals surface area (Å²) in [6.45, 7) is 1.57. The first-order valence-corrected chi connectivity index (χ1v) is 9.58. The maximum absolute atomic E-state index is 13.0. The predicted molar refractivity (Wildman–Crippen MR) is 108 cm³/mol. The first-order chi connectivity index (χ1) is 13.8. The first kappa shape index (κ1) is 18.1. The number of hydrogen-bond acceptors (Lipinski definition) is 5. The van der Waals surface area contributed by atoms with E-state index in [9.17, 15) is 4.79 Å². The van der Waals surface area contributed by atoms with Crippen LogP contribution in [0.15, 0.2) is 73.3 Å². The van der Waals surface area contributed by atoms with Crippen LogP contribution < -0.4 is 10.2 Å². The minimum Gasteiger partial charge on any atom is -0.345 e. The first-order valence-electron chi connectivity index (χ1n) is 9.58. The third kappa shape index (κ3) is 4.17. The lowest BCUT2D eigenvalue weighted by molar-refractivity contribution is -0.126. The van der Waals surface area contributed by atoms with E-state index >= 15 is 0 Å². The molecule has 0 spiro atoms. The van der Waals surface area contributed by atoms with Gasteiger partial charge in [0.05, 0.1) is 6.04 Å². The summed E-state index contributed by atoms with van der Waals surface area (Å²) in [5, 5.41) is 3.26. The second kappa shape index (κ2) is 8.61. The smallest absolute Gasteiger partial charge is 0.225 e. The van der Waals surface area contributed by atoms with Gasteiger partial charge in [-0.1, -0.05) is 30.3 Å². The number of piperidine rings is 1. The van der Waals surface area contributed by atoms with Crippen LogP contribution in [0.1, 0.15) is 30.0 Å². The van der Waals surface area contributed by atoms with Crippen LogP contribution in [-0.2, 0) is 4.79 Å². The van der Waals surface area contributed by atoms with Crippen LogP contribution in [0.2, 0.25) is 0 Å². The number of amides is 1. The van der Waals surface area contributed by atoms with Crippen molar-refractivity contribution in [1.82, 2.24) is 20.3 Å². The molecule has 2 aromatic heterocycles. The van der Waals surface area contributed by atoms with Gasteiger partial charge in [0.15, 0.2) is 0 Å². The summed E-state index contributed by atoms with van der Waals surface area (Å²) in [7, 11) is 0. The van der Waals surface area contributed by atoms with E-state index in [2.05, 4.69) is 25.2 Å². The molecule has 0 aliphatic carbocycles. The number of anilines is 1. The summed E-state index contributed by atoms with van der Waals surface area (Å²) in [5.41, 5.74) is 2.10. The number of carbonyl (C=O) groups is 1. The van der Waals surface area contributed by atoms with E-state index < -0.39 is 0 Å². The van der Waals surface area contributed by atoms with Crippen molar-refractivity contribution in [3.8, 4) is 0 Å². The van der Waals surface area contributed by atoms with Crippen LogP contribution in [-0.4, -0.2) is 33.9 Å². The van der Waals surface area contributed by atoms with Crippen molar-refractivity contribution < 1.29 is 4.79 Å². The zero-order chi connectivity index (χ0) is 19.2. The average Bonchev–Trinajstić information content (AvgIpc) is 2.79. The zero-order valence-corrected chi connectivity index (χ0v) is 15.6. The van der Waals surface area contributed by atoms with E-state index in [1.807, 2.05) is 48.5 Å². The van der Waals surface area contributed by atoms with Gasteiger partial charge in [-0.05, 0) is 42.2 Å². The second-order valence-electron chi connectivity index (χ2n) is 6.94. The summed E-state index contributed by atoms with van der Waals surface area (Å²) < 4.78 is 0. The highest BCUT2D eigenvalue weighted by atomic mass is 16.1. The molecule has 1 aliphatic heterocycles. The van der Waals surface area contributed by atoms with E-state index in [1.54, 1.807) is 24.8 Å². The van der Waals surface area contributed by atoms with E-state index in [1.165, 1.54) is 0 Å². The number of hydrogen-bond donors (Lipinski definition) is 1. The van der Waals surface area contributed by atoms with Crippen LogP contribution >= 0.6 is 0 Å². The minimum atomic E-state index is -0.174. The van der Waals surface area contributed by atoms with Gasteiger partial charge in [0.25, 0.3) is 0 Å². The fourth-order valence-electron chi connectivity index (χ4n) is 3.62. The van der Waals surface area contributed by atoms with Crippen molar-refractivity contribution in [2.24, 2.45) is 5.92 Å². The largest absolute Gasteiger partial charge is 0.345 e. The Morgan fingerprint density at radius 2 is 1.54 bits per heavy atom. The highest BCUT2D eigenvalue weighted by Crippen LogP contribution is 2.25. The molecule has 3 heterocycles. The fraction of sp³-hybridized carbons (Fsp3) is 0.273. The van der Waals surface area contributed by atoms with Gasteiger partial charge in [-0.25, -0.2) is 9.97 Å². The molecule has 1 N–H and O–H groups in total. The zero-order valence-electron chi connectivity index (χ0n) is 15.6. The van der Waals surface area contributed by atoms with Crippen LogP contribution in [0.5, 0.6) is 0 Å². The number of pyridine rings is 1. The van der Waals surface area contributed by atoms with Crippen molar-refractivity contribution in [3.05, 3.63) is 84.4 Å². The van der Waals surface area contributed by atoms with Crippen molar-refractivity contribution in [1.29, 1.82) is 0 Å². The van der Waals surface area contributed by atoms with Gasteiger partial charge in [-0.3, -0.25) is 9.78 Å². The molecule has 0 radical (unpaired) electrons. The van der Waals surface area contributed by atoms with Gasteiger partial charge in [0.1, 0.15) is 0 Å². The fourth-order valence-corrected chi connectivity index (χ4v) is 3.62. The Bertz CT molecular complexity index is 841. The normalized spacial score (nSPS) is 15.8. The predicted octanol–water partition coefficient (Wildman–Crippen LogP) is 2.99. The molecule has 4 rings (SSSR count). The Hall–Kier alpha value is -3.28. The van der Waals surface area contributed by atoms with Crippen LogP contribution in [0.3, 0.4) is 0 Å². The molecule has 1 fully saturated rings. The number of benzene rings is 1. The molecule has 6 heteroatoms. The monoisotopic (exact) mass is 373 g/mol. The molecule has 1 saturated heterocycles. The highest BCUT2D eigenvalue weighted by molar-refractivity contribution is 5.80. The standard InChI is InChI=1S/C22H23N5O/c28-21(19-9-15-27(16-10-19)22-24-11-4-12-25-22)26-20(17-5-2-1-3-6-17)18-7-13-23-14-8-18/h1-8,11-14,19-20H,9-10,15-16H2,(H,26,28). The summed E-state index contributed by atoms with van der Waals surface area (Å²) in [5.74, 6) is 0.826. The Morgan fingerprint density at radius 1 is 0.893 bits per heavy atom. The lowest BCUT2D eigenvalue weighted by Gasteiger charge is -2.32. The molecular formula is C22H23N5O. The highest BCUT2D eigenvalue weighted by Gasteiger charge is 2.28. The Balaban J connectivity index is 1.44. The average molecular weight is 373 g/mol. The Labute approximate surface area is 164 Å². The molecule has 142 valence electrons. The lowest BCUT2D eigenvalue weighted by Crippen LogP contribution is -2.42. The third-order valence-electron chi connectivity index (χ3n) is 5.16. The van der Waals surface area contributed by atoms with E-state index in [0.717, 1.165) is 43.0 Å². The van der Waals surface area contributed by atoms with Gasteiger partial charge < -0.3 is 10.2 Å². The minimum absolute atomic E-state index is 0.00647. The topological polar surface area (TPSA) is 71.0 Å². The van der Waals surface area contributed by atoms with Crippen LogP contribution in [0.25, 0.3) is 0 Å². The van der Waals surface area contributed by atoms with Gasteiger partial charge in [-0.2, -0.15) is 0 Å². The molecular weight excluding hydrogens is 350 g/mol. The number of nitrogens with zero attached hydrogens (tertiary/aromatic N) is 4. The molecule has 1 unspecified atom stereocenters. The van der Waals surface area contributed by atoms with E-state index in [4.69, 9.17) is 0 Å². The van der Waals surface area contributed by atoms with Crippen molar-refractivity contribution in [2.75, 3.05) is 18.0 Å². The van der Waals surface area contributed by atoms with Gasteiger partial charge >= 0.3 is 0 Å². The summed E-state index contributed by atoms with van der Waals surface area (Å²) in [6, 6.07) is 15.6. The summed E-state index contributed by atoms with van der Waals surface area (Å²) >= 11 is 0. The van der Waals surface area contributed by atoms with E-state index in [0.29, 0.717) is 0 Å². The lowest BCUT2D eigenvalue weighted by atomic mass is 9.94. The van der Waals surface area contributed by atoms with Gasteiger partial charge in [0, 0.05) is 43.8 Å². The number of aromatic nitrogens is 3. The third-order valence-corrected chi connectivity index (χ3v) is 5.16. The van der Waals surface area contributed by atoms with Crippen molar-refractivity contribution in [3.63, 3.8) is 0 Å². The molecule has 28 heavy (non-hydrogen) atoms. The Morgan fingerprint density at radius 3 is 2.21 bits per heavy atom. The Kier molecular flexibility index (Phi) is 5.56. The molecule has 1 aromatic carbocycles. The number of nitrogens with one attached hydrogen (secondary N) is 1. The maximum Gasteiger partial charge on any atom is 0.225 e. The van der Waals surface area contributed by atoms with Gasteiger partial charge in [0.2, 0.25) is 11.9 Å². The van der Waals surface area contributed by atoms with Crippen molar-refractivity contribution >= 4 is 11.9 Å². The van der Waals surface area contributed by atoms with E-state index in [-0.39, 0.29) is 17.9 Å². The number of rotatable bonds is 5. The van der Waals surface area contributed by atoms with Gasteiger partial charge in [-0.15, -0.1) is 0 Å². The molecule has 1 atom stereocenters. The summed E-state index contributed by atoms with van der Waals surface area (Å²) in [6.07, 6.45) is 8.61. The summed E-state index contributed by atoms with van der Waals surface area (Å²) in [4.78, 5) is 27.9. The number of carbonyl (C=O) groups excluding carboxylic acids is 1. The molecule has 1 amide bonds. The van der Waals surface area contributed by atoms with Crippen LogP contribution in [0, 0.1) is 5.92 Å². The molecule has 6 nitrogen and oxygen atoms in total. The molecule has 3 aromatic rings. The molecule has 0 saturated carbocycles. The second-order valence-corrected chi connectivity index (χ2v) is 6.94. The quantitative estimate of drug-likeness (QED) is 0.744. The SMILES string of the molecule is O=C(NC(c1ccccc1)c1ccncc1)C1CCN(c2ncccn2)CC1. The molecule has 1 aliphatic rings. The molecule has 0 bridgehead atoms.